The second-order valence-corrected chi connectivity index (χ2v) is 6.10. The zero-order valence-electron chi connectivity index (χ0n) is 12.2. The first-order valence-electron chi connectivity index (χ1n) is 7.00. The van der Waals surface area contributed by atoms with Gasteiger partial charge < -0.3 is 15.1 Å². The number of aliphatic hydroxyl groups is 1. The molecular weight excluding hydrogens is 292 g/mol. The first-order chi connectivity index (χ1) is 9.88. The Morgan fingerprint density at radius 1 is 1.38 bits per heavy atom. The van der Waals surface area contributed by atoms with E-state index in [0.717, 1.165) is 5.56 Å². The summed E-state index contributed by atoms with van der Waals surface area (Å²) in [5.74, 6) is 0. The summed E-state index contributed by atoms with van der Waals surface area (Å²) in [5, 5.41) is 19.9. The predicted octanol–water partition coefficient (Wildman–Crippen LogP) is 1.93. The van der Waals surface area contributed by atoms with Crippen LogP contribution in [0.25, 0.3) is 0 Å². The average Bonchev–Trinajstić information content (AvgIpc) is 2.40. The Morgan fingerprint density at radius 2 is 2.00 bits per heavy atom. The van der Waals surface area contributed by atoms with Gasteiger partial charge in [0.2, 0.25) is 0 Å². The van der Waals surface area contributed by atoms with E-state index in [1.807, 2.05) is 36.2 Å². The van der Waals surface area contributed by atoms with E-state index >= 15 is 0 Å². The highest BCUT2D eigenvalue weighted by Gasteiger charge is 2.36. The van der Waals surface area contributed by atoms with Crippen molar-refractivity contribution in [3.05, 3.63) is 34.9 Å². The molecule has 21 heavy (non-hydrogen) atoms. The fraction of sp³-hybridized carbons (Fsp3) is 0.533. The molecule has 0 aromatic heterocycles. The van der Waals surface area contributed by atoms with Crippen LogP contribution in [0.1, 0.15) is 12.5 Å². The molecule has 6 heteroatoms. The van der Waals surface area contributed by atoms with Gasteiger partial charge in [-0.05, 0) is 38.1 Å². The summed E-state index contributed by atoms with van der Waals surface area (Å²) >= 11 is 5.87. The molecule has 2 rings (SSSR count). The molecule has 1 aliphatic rings. The number of amides is 1. The quantitative estimate of drug-likeness (QED) is 0.895. The van der Waals surface area contributed by atoms with Gasteiger partial charge >= 0.3 is 6.09 Å². The van der Waals surface area contributed by atoms with Crippen molar-refractivity contribution in [2.24, 2.45) is 0 Å². The van der Waals surface area contributed by atoms with Crippen LogP contribution in [0.2, 0.25) is 5.02 Å². The number of carboxylic acid groups (broad SMARTS) is 1. The van der Waals surface area contributed by atoms with E-state index < -0.39 is 12.2 Å². The lowest BCUT2D eigenvalue weighted by molar-refractivity contribution is -0.00582. The van der Waals surface area contributed by atoms with Gasteiger partial charge in [0.25, 0.3) is 0 Å². The van der Waals surface area contributed by atoms with Crippen LogP contribution in [-0.2, 0) is 6.42 Å². The molecule has 1 saturated heterocycles. The first-order valence-corrected chi connectivity index (χ1v) is 7.38. The minimum Gasteiger partial charge on any atom is -0.465 e. The van der Waals surface area contributed by atoms with E-state index in [1.54, 1.807) is 6.92 Å². The van der Waals surface area contributed by atoms with Gasteiger partial charge in [-0.25, -0.2) is 4.79 Å². The monoisotopic (exact) mass is 312 g/mol. The van der Waals surface area contributed by atoms with Crippen LogP contribution in [0, 0.1) is 0 Å². The number of carbonyl (C=O) groups is 1. The number of aliphatic hydroxyl groups excluding tert-OH is 1. The van der Waals surface area contributed by atoms with Gasteiger partial charge in [0.05, 0.1) is 18.2 Å². The van der Waals surface area contributed by atoms with Crippen LogP contribution < -0.4 is 0 Å². The van der Waals surface area contributed by atoms with Crippen LogP contribution in [0.5, 0.6) is 0 Å². The maximum absolute atomic E-state index is 11.5. The van der Waals surface area contributed by atoms with Crippen LogP contribution >= 0.6 is 11.6 Å². The maximum atomic E-state index is 11.5. The summed E-state index contributed by atoms with van der Waals surface area (Å²) < 4.78 is 0. The van der Waals surface area contributed by atoms with Gasteiger partial charge in [-0.1, -0.05) is 23.7 Å². The highest BCUT2D eigenvalue weighted by Crippen LogP contribution is 2.20. The van der Waals surface area contributed by atoms with Gasteiger partial charge in [-0.15, -0.1) is 0 Å². The smallest absolute Gasteiger partial charge is 0.407 e. The van der Waals surface area contributed by atoms with E-state index in [-0.39, 0.29) is 12.1 Å². The van der Waals surface area contributed by atoms with Crippen molar-refractivity contribution >= 4 is 17.7 Å². The lowest BCUT2D eigenvalue weighted by Crippen LogP contribution is -2.61. The Balaban J connectivity index is 2.13. The lowest BCUT2D eigenvalue weighted by atomic mass is 9.98. The number of halogens is 1. The van der Waals surface area contributed by atoms with Gasteiger partial charge in [0, 0.05) is 18.1 Å². The molecule has 1 aromatic rings. The molecule has 1 amide bonds. The van der Waals surface area contributed by atoms with E-state index in [0.29, 0.717) is 24.5 Å². The van der Waals surface area contributed by atoms with Crippen LogP contribution in [0.15, 0.2) is 24.3 Å². The lowest BCUT2D eigenvalue weighted by Gasteiger charge is -2.44. The standard InChI is InChI=1S/C15H21ClN2O3/c1-10(19)14-9-18(15(20)21)13(8-17(14)2)7-11-3-5-12(16)6-4-11/h3-6,10,13-14,19H,7-9H2,1-2H3,(H,20,21)/t10-,13-,14+/m0/s1. The Morgan fingerprint density at radius 3 is 2.52 bits per heavy atom. The number of likely N-dealkylation sites (N-methyl/N-ethyl adjacent to an activating group) is 1. The zero-order chi connectivity index (χ0) is 15.6. The number of nitrogens with zero attached hydrogens (tertiary/aromatic N) is 2. The molecule has 1 fully saturated rings. The Bertz CT molecular complexity index is 492. The van der Waals surface area contributed by atoms with Crippen LogP contribution in [0.3, 0.4) is 0 Å². The first kappa shape index (κ1) is 16.1. The van der Waals surface area contributed by atoms with E-state index in [9.17, 15) is 15.0 Å². The summed E-state index contributed by atoms with van der Waals surface area (Å²) in [6, 6.07) is 7.18. The van der Waals surface area contributed by atoms with Gasteiger partial charge in [0.15, 0.2) is 0 Å². The number of benzene rings is 1. The molecule has 0 saturated carbocycles. The topological polar surface area (TPSA) is 64.0 Å². The largest absolute Gasteiger partial charge is 0.465 e. The van der Waals surface area contributed by atoms with Crippen molar-refractivity contribution in [2.45, 2.75) is 31.5 Å². The fourth-order valence-electron chi connectivity index (χ4n) is 2.88. The summed E-state index contributed by atoms with van der Waals surface area (Å²) in [6.07, 6.45) is -0.860. The Hall–Kier alpha value is -1.30. The van der Waals surface area contributed by atoms with Crippen molar-refractivity contribution in [1.82, 2.24) is 9.80 Å². The molecule has 0 radical (unpaired) electrons. The second kappa shape index (κ2) is 6.64. The minimum absolute atomic E-state index is 0.122. The number of hydrogen-bond donors (Lipinski definition) is 2. The third kappa shape index (κ3) is 3.87. The molecule has 0 bridgehead atoms. The molecule has 0 spiro atoms. The third-order valence-electron chi connectivity index (χ3n) is 4.08. The molecule has 1 aliphatic heterocycles. The Kier molecular flexibility index (Phi) is 5.08. The van der Waals surface area contributed by atoms with Crippen molar-refractivity contribution in [3.8, 4) is 0 Å². The highest BCUT2D eigenvalue weighted by molar-refractivity contribution is 6.30. The third-order valence-corrected chi connectivity index (χ3v) is 4.33. The summed E-state index contributed by atoms with van der Waals surface area (Å²) in [7, 11) is 1.92. The number of hydrogen-bond acceptors (Lipinski definition) is 3. The number of rotatable bonds is 3. The molecule has 0 aliphatic carbocycles. The Labute approximate surface area is 129 Å². The number of piperazine rings is 1. The van der Waals surface area contributed by atoms with Gasteiger partial charge in [-0.3, -0.25) is 4.90 Å². The van der Waals surface area contributed by atoms with Crippen molar-refractivity contribution < 1.29 is 15.0 Å². The molecule has 3 atom stereocenters. The maximum Gasteiger partial charge on any atom is 0.407 e. The van der Waals surface area contributed by atoms with E-state index in [2.05, 4.69) is 0 Å². The minimum atomic E-state index is -0.937. The van der Waals surface area contributed by atoms with Crippen molar-refractivity contribution in [2.75, 3.05) is 20.1 Å². The molecule has 116 valence electrons. The van der Waals surface area contributed by atoms with Crippen molar-refractivity contribution in [3.63, 3.8) is 0 Å². The molecule has 2 N–H and O–H groups in total. The van der Waals surface area contributed by atoms with E-state index in [4.69, 9.17) is 11.6 Å². The normalized spacial score (nSPS) is 24.9. The predicted molar refractivity (Wildman–Crippen MR) is 81.8 cm³/mol. The second-order valence-electron chi connectivity index (χ2n) is 5.67. The van der Waals surface area contributed by atoms with Crippen LogP contribution in [-0.4, -0.2) is 64.4 Å². The molecule has 1 heterocycles. The van der Waals surface area contributed by atoms with E-state index in [1.165, 1.54) is 4.90 Å². The summed E-state index contributed by atoms with van der Waals surface area (Å²) in [4.78, 5) is 15.0. The summed E-state index contributed by atoms with van der Waals surface area (Å²) in [5.41, 5.74) is 1.06. The van der Waals surface area contributed by atoms with Gasteiger partial charge in [-0.2, -0.15) is 0 Å². The van der Waals surface area contributed by atoms with Crippen molar-refractivity contribution in [1.29, 1.82) is 0 Å². The molecule has 0 unspecified atom stereocenters. The zero-order valence-corrected chi connectivity index (χ0v) is 13.0. The fourth-order valence-corrected chi connectivity index (χ4v) is 3.00. The van der Waals surface area contributed by atoms with Crippen LogP contribution in [0.4, 0.5) is 4.79 Å². The molecule has 1 aromatic carbocycles. The van der Waals surface area contributed by atoms with Gasteiger partial charge in [0.1, 0.15) is 0 Å². The average molecular weight is 313 g/mol. The SMILES string of the molecule is C[C@H](O)[C@H]1CN(C(=O)O)[C@@H](Cc2ccc(Cl)cc2)CN1C. The molecule has 5 nitrogen and oxygen atoms in total. The highest BCUT2D eigenvalue weighted by atomic mass is 35.5. The summed E-state index contributed by atoms with van der Waals surface area (Å²) in [6.45, 7) is 2.62. The molecular formula is C15H21ClN2O3.